The topological polar surface area (TPSA) is 58.6 Å². The number of hydrogen-bond acceptors (Lipinski definition) is 3. The van der Waals surface area contributed by atoms with Crippen LogP contribution in [0.25, 0.3) is 0 Å². The van der Waals surface area contributed by atoms with Crippen molar-refractivity contribution < 1.29 is 14.3 Å². The Kier molecular flexibility index (Phi) is 6.12. The maximum absolute atomic E-state index is 12.6. The molecule has 0 saturated carbocycles. The fraction of sp³-hybridized carbons (Fsp3) is 0.364. The minimum Gasteiger partial charge on any atom is -0.484 e. The van der Waals surface area contributed by atoms with E-state index in [1.807, 2.05) is 62.4 Å². The lowest BCUT2D eigenvalue weighted by molar-refractivity contribution is -0.136. The molecule has 0 atom stereocenters. The lowest BCUT2D eigenvalue weighted by Gasteiger charge is -2.31. The molecule has 1 aliphatic rings. The summed E-state index contributed by atoms with van der Waals surface area (Å²) in [4.78, 5) is 26.7. The predicted molar refractivity (Wildman–Crippen MR) is 106 cm³/mol. The van der Waals surface area contributed by atoms with Gasteiger partial charge in [0.05, 0.1) is 0 Å². The van der Waals surface area contributed by atoms with Crippen LogP contribution < -0.4 is 10.1 Å². The quantitative estimate of drug-likeness (QED) is 0.880. The van der Waals surface area contributed by atoms with E-state index in [1.54, 1.807) is 4.90 Å². The zero-order valence-corrected chi connectivity index (χ0v) is 15.9. The van der Waals surface area contributed by atoms with Crippen LogP contribution in [0.1, 0.15) is 24.0 Å². The predicted octanol–water partition coefficient (Wildman–Crippen LogP) is 3.56. The first-order valence-corrected chi connectivity index (χ1v) is 9.37. The van der Waals surface area contributed by atoms with Crippen LogP contribution in [0.15, 0.2) is 48.5 Å². The van der Waals surface area contributed by atoms with Crippen molar-refractivity contribution in [3.05, 3.63) is 59.7 Å². The number of nitrogens with zero attached hydrogens (tertiary/aromatic N) is 1. The fourth-order valence-electron chi connectivity index (χ4n) is 3.38. The number of ether oxygens (including phenoxy) is 1. The molecule has 5 heteroatoms. The third-order valence-corrected chi connectivity index (χ3v) is 5.05. The molecule has 0 aliphatic carbocycles. The molecule has 1 aliphatic heterocycles. The Bertz CT molecular complexity index is 776. The lowest BCUT2D eigenvalue weighted by Crippen LogP contribution is -2.43. The molecule has 0 aromatic heterocycles. The monoisotopic (exact) mass is 366 g/mol. The van der Waals surface area contributed by atoms with Gasteiger partial charge < -0.3 is 15.0 Å². The van der Waals surface area contributed by atoms with E-state index in [0.29, 0.717) is 31.7 Å². The standard InChI is InChI=1S/C22H26N2O3/c1-16-7-6-8-17(2)21(16)23-22(26)18-11-13-24(14-12-18)20(25)15-27-19-9-4-3-5-10-19/h3-10,18H,11-15H2,1-2H3,(H,23,26). The van der Waals surface area contributed by atoms with Crippen LogP contribution in [0.3, 0.4) is 0 Å². The maximum atomic E-state index is 12.6. The van der Waals surface area contributed by atoms with Crippen molar-refractivity contribution in [3.63, 3.8) is 0 Å². The Labute approximate surface area is 160 Å². The molecule has 5 nitrogen and oxygen atoms in total. The van der Waals surface area contributed by atoms with Gasteiger partial charge in [-0.15, -0.1) is 0 Å². The Balaban J connectivity index is 1.48. The van der Waals surface area contributed by atoms with Gasteiger partial charge in [-0.25, -0.2) is 0 Å². The SMILES string of the molecule is Cc1cccc(C)c1NC(=O)C1CCN(C(=O)COc2ccccc2)CC1. The number of benzene rings is 2. The molecule has 1 heterocycles. The second kappa shape index (κ2) is 8.71. The number of carbonyl (C=O) groups excluding carboxylic acids is 2. The highest BCUT2D eigenvalue weighted by atomic mass is 16.5. The number of rotatable bonds is 5. The Morgan fingerprint density at radius 3 is 2.26 bits per heavy atom. The number of para-hydroxylation sites is 2. The zero-order chi connectivity index (χ0) is 19.2. The van der Waals surface area contributed by atoms with Crippen LogP contribution in [0.2, 0.25) is 0 Å². The molecule has 27 heavy (non-hydrogen) atoms. The van der Waals surface area contributed by atoms with Crippen molar-refractivity contribution >= 4 is 17.5 Å². The molecule has 1 N–H and O–H groups in total. The summed E-state index contributed by atoms with van der Waals surface area (Å²) < 4.78 is 5.53. The Morgan fingerprint density at radius 1 is 1.00 bits per heavy atom. The van der Waals surface area contributed by atoms with Gasteiger partial charge in [0.25, 0.3) is 5.91 Å². The van der Waals surface area contributed by atoms with Crippen LogP contribution in [0.4, 0.5) is 5.69 Å². The summed E-state index contributed by atoms with van der Waals surface area (Å²) in [5.74, 6) is 0.629. The smallest absolute Gasteiger partial charge is 0.260 e. The van der Waals surface area contributed by atoms with E-state index < -0.39 is 0 Å². The van der Waals surface area contributed by atoms with Gasteiger partial charge in [-0.05, 0) is 49.9 Å². The molecule has 2 aromatic carbocycles. The van der Waals surface area contributed by atoms with Gasteiger partial charge in [-0.3, -0.25) is 9.59 Å². The highest BCUT2D eigenvalue weighted by Crippen LogP contribution is 2.23. The summed E-state index contributed by atoms with van der Waals surface area (Å²) in [5.41, 5.74) is 3.03. The first-order valence-electron chi connectivity index (χ1n) is 9.37. The molecule has 1 fully saturated rings. The van der Waals surface area contributed by atoms with Crippen LogP contribution >= 0.6 is 0 Å². The highest BCUT2D eigenvalue weighted by Gasteiger charge is 2.28. The molecule has 0 radical (unpaired) electrons. The van der Waals surface area contributed by atoms with Crippen LogP contribution in [-0.2, 0) is 9.59 Å². The first kappa shape index (κ1) is 19.0. The van der Waals surface area contributed by atoms with E-state index in [1.165, 1.54) is 0 Å². The Hall–Kier alpha value is -2.82. The number of aryl methyl sites for hydroxylation is 2. The second-order valence-electron chi connectivity index (χ2n) is 7.01. The number of piperidine rings is 1. The van der Waals surface area contributed by atoms with Gasteiger partial charge in [0.2, 0.25) is 5.91 Å². The molecule has 2 amide bonds. The van der Waals surface area contributed by atoms with Gasteiger partial charge in [0, 0.05) is 24.7 Å². The summed E-state index contributed by atoms with van der Waals surface area (Å²) in [7, 11) is 0. The number of carbonyl (C=O) groups is 2. The number of amides is 2. The number of likely N-dealkylation sites (tertiary alicyclic amines) is 1. The van der Waals surface area contributed by atoms with Crippen molar-refractivity contribution in [3.8, 4) is 5.75 Å². The van der Waals surface area contributed by atoms with E-state index in [0.717, 1.165) is 16.8 Å². The molecule has 2 aromatic rings. The van der Waals surface area contributed by atoms with Crippen LogP contribution in [0.5, 0.6) is 5.75 Å². The highest BCUT2D eigenvalue weighted by molar-refractivity contribution is 5.94. The van der Waals surface area contributed by atoms with E-state index in [2.05, 4.69) is 5.32 Å². The van der Waals surface area contributed by atoms with Crippen molar-refractivity contribution in [1.29, 1.82) is 0 Å². The lowest BCUT2D eigenvalue weighted by atomic mass is 9.95. The molecule has 0 spiro atoms. The van der Waals surface area contributed by atoms with E-state index >= 15 is 0 Å². The largest absolute Gasteiger partial charge is 0.484 e. The molecule has 1 saturated heterocycles. The van der Waals surface area contributed by atoms with Gasteiger partial charge in [-0.2, -0.15) is 0 Å². The molecular weight excluding hydrogens is 340 g/mol. The number of hydrogen-bond donors (Lipinski definition) is 1. The van der Waals surface area contributed by atoms with Crippen molar-refractivity contribution in [2.24, 2.45) is 5.92 Å². The van der Waals surface area contributed by atoms with E-state index in [-0.39, 0.29) is 24.3 Å². The summed E-state index contributed by atoms with van der Waals surface area (Å²) in [6.45, 7) is 5.19. The van der Waals surface area contributed by atoms with Gasteiger partial charge in [0.15, 0.2) is 6.61 Å². The normalized spacial score (nSPS) is 14.7. The molecule has 0 bridgehead atoms. The summed E-state index contributed by atoms with van der Waals surface area (Å²) in [6.07, 6.45) is 1.35. The van der Waals surface area contributed by atoms with Crippen molar-refractivity contribution in [2.45, 2.75) is 26.7 Å². The second-order valence-corrected chi connectivity index (χ2v) is 7.01. The van der Waals surface area contributed by atoms with Crippen LogP contribution in [-0.4, -0.2) is 36.4 Å². The van der Waals surface area contributed by atoms with Gasteiger partial charge in [-0.1, -0.05) is 36.4 Å². The fourth-order valence-corrected chi connectivity index (χ4v) is 3.38. The summed E-state index contributed by atoms with van der Waals surface area (Å²) in [5, 5.41) is 3.07. The molecule has 3 rings (SSSR count). The van der Waals surface area contributed by atoms with Gasteiger partial charge >= 0.3 is 0 Å². The Morgan fingerprint density at radius 2 is 1.63 bits per heavy atom. The number of nitrogens with one attached hydrogen (secondary N) is 1. The third kappa shape index (κ3) is 4.88. The summed E-state index contributed by atoms with van der Waals surface area (Å²) in [6, 6.07) is 15.3. The average molecular weight is 366 g/mol. The van der Waals surface area contributed by atoms with E-state index in [9.17, 15) is 9.59 Å². The number of anilines is 1. The van der Waals surface area contributed by atoms with Crippen LogP contribution in [0, 0.1) is 19.8 Å². The summed E-state index contributed by atoms with van der Waals surface area (Å²) >= 11 is 0. The minimum absolute atomic E-state index is 0.0310. The minimum atomic E-state index is -0.0666. The molecule has 0 unspecified atom stereocenters. The molecule has 142 valence electrons. The maximum Gasteiger partial charge on any atom is 0.260 e. The van der Waals surface area contributed by atoms with Gasteiger partial charge in [0.1, 0.15) is 5.75 Å². The van der Waals surface area contributed by atoms with E-state index in [4.69, 9.17) is 4.74 Å². The average Bonchev–Trinajstić information content (AvgIpc) is 2.70. The first-order chi connectivity index (χ1) is 13.0. The zero-order valence-electron chi connectivity index (χ0n) is 15.9. The third-order valence-electron chi connectivity index (χ3n) is 5.05. The van der Waals surface area contributed by atoms with Crippen molar-refractivity contribution in [2.75, 3.05) is 25.0 Å². The molecular formula is C22H26N2O3. The van der Waals surface area contributed by atoms with Crippen molar-refractivity contribution in [1.82, 2.24) is 4.90 Å².